The summed E-state index contributed by atoms with van der Waals surface area (Å²) in [7, 11) is 0. The number of aliphatic hydroxyl groups is 1. The third-order valence-corrected chi connectivity index (χ3v) is 8.42. The summed E-state index contributed by atoms with van der Waals surface area (Å²) >= 11 is 0. The second kappa shape index (κ2) is 6.68. The number of piperazine rings is 1. The first-order valence-electron chi connectivity index (χ1n) is 10.9. The molecule has 1 spiro atoms. The molecule has 5 rings (SSSR count). The van der Waals surface area contributed by atoms with Crippen LogP contribution in [0, 0.1) is 23.2 Å². The van der Waals surface area contributed by atoms with Crippen molar-refractivity contribution < 1.29 is 19.4 Å². The van der Waals surface area contributed by atoms with Crippen molar-refractivity contribution >= 4 is 5.97 Å². The molecule has 6 nitrogen and oxygen atoms in total. The average Bonchev–Trinajstić information content (AvgIpc) is 3.34. The van der Waals surface area contributed by atoms with E-state index in [1.54, 1.807) is 0 Å². The van der Waals surface area contributed by atoms with E-state index >= 15 is 0 Å². The van der Waals surface area contributed by atoms with E-state index in [9.17, 15) is 4.79 Å². The molecule has 3 saturated heterocycles. The second-order valence-corrected chi connectivity index (χ2v) is 9.96. The molecule has 152 valence electrons. The molecule has 0 unspecified atom stereocenters. The molecule has 6 heteroatoms. The van der Waals surface area contributed by atoms with Gasteiger partial charge in [-0.15, -0.1) is 0 Å². The summed E-state index contributed by atoms with van der Waals surface area (Å²) in [4.78, 5) is 17.5. The van der Waals surface area contributed by atoms with Crippen molar-refractivity contribution in [3.63, 3.8) is 0 Å². The van der Waals surface area contributed by atoms with Crippen molar-refractivity contribution in [1.82, 2.24) is 9.80 Å². The topological polar surface area (TPSA) is 65.5 Å². The summed E-state index contributed by atoms with van der Waals surface area (Å²) in [5.74, 6) is 1.03. The highest BCUT2D eigenvalue weighted by atomic mass is 16.6. The number of fused-ring (bicyclic) bond motifs is 3. The van der Waals surface area contributed by atoms with Crippen LogP contribution in [0.4, 0.5) is 0 Å². The number of carbonyl (C=O) groups is 1. The molecule has 6 atom stereocenters. The monoisotopic (exact) mass is 378 g/mol. The van der Waals surface area contributed by atoms with E-state index in [2.05, 4.69) is 16.7 Å². The lowest BCUT2D eigenvalue weighted by Gasteiger charge is -2.51. The van der Waals surface area contributed by atoms with Crippen LogP contribution in [0.15, 0.2) is 0 Å². The first kappa shape index (κ1) is 18.3. The summed E-state index contributed by atoms with van der Waals surface area (Å²) in [6, 6.07) is 0. The Kier molecular flexibility index (Phi) is 4.54. The van der Waals surface area contributed by atoms with Gasteiger partial charge in [-0.25, -0.2) is 0 Å². The summed E-state index contributed by atoms with van der Waals surface area (Å²) < 4.78 is 11.9. The van der Waals surface area contributed by atoms with Crippen molar-refractivity contribution in [2.45, 2.75) is 50.7 Å². The Bertz CT molecular complexity index is 587. The molecule has 3 heterocycles. The van der Waals surface area contributed by atoms with Crippen LogP contribution in [0.3, 0.4) is 0 Å². The second-order valence-electron chi connectivity index (χ2n) is 9.96. The van der Waals surface area contributed by atoms with Gasteiger partial charge in [0.25, 0.3) is 0 Å². The fourth-order valence-electron chi connectivity index (χ4n) is 6.78. The van der Waals surface area contributed by atoms with E-state index < -0.39 is 0 Å². The number of hydrogen-bond donors (Lipinski definition) is 1. The fourth-order valence-corrected chi connectivity index (χ4v) is 6.78. The van der Waals surface area contributed by atoms with Gasteiger partial charge < -0.3 is 14.6 Å². The van der Waals surface area contributed by atoms with Crippen LogP contribution in [0.1, 0.15) is 39.0 Å². The number of hydrogen-bond acceptors (Lipinski definition) is 6. The largest absolute Gasteiger partial charge is 0.462 e. The normalized spacial score (nSPS) is 47.6. The van der Waals surface area contributed by atoms with Gasteiger partial charge in [0.1, 0.15) is 6.10 Å². The number of aliphatic hydroxyl groups excluding tert-OH is 1. The van der Waals surface area contributed by atoms with E-state index in [0.29, 0.717) is 11.8 Å². The number of esters is 1. The molecular formula is C21H34N2O4. The summed E-state index contributed by atoms with van der Waals surface area (Å²) in [6.07, 6.45) is 5.95. The molecule has 0 amide bonds. The molecule has 1 N–H and O–H groups in total. The van der Waals surface area contributed by atoms with Crippen molar-refractivity contribution in [1.29, 1.82) is 0 Å². The van der Waals surface area contributed by atoms with E-state index in [1.807, 2.05) is 0 Å². The number of ether oxygens (including phenoxy) is 2. The average molecular weight is 379 g/mol. The highest BCUT2D eigenvalue weighted by molar-refractivity contribution is 5.75. The van der Waals surface area contributed by atoms with Gasteiger partial charge in [0.2, 0.25) is 0 Å². The maximum Gasteiger partial charge on any atom is 0.310 e. The van der Waals surface area contributed by atoms with Crippen LogP contribution < -0.4 is 0 Å². The van der Waals surface area contributed by atoms with E-state index in [-0.39, 0.29) is 35.6 Å². The Labute approximate surface area is 162 Å². The predicted molar refractivity (Wildman–Crippen MR) is 100 cm³/mol. The lowest BCUT2D eigenvalue weighted by molar-refractivity contribution is -0.147. The number of epoxide rings is 1. The predicted octanol–water partition coefficient (Wildman–Crippen LogP) is 1.12. The molecule has 0 aromatic carbocycles. The quantitative estimate of drug-likeness (QED) is 0.584. The fraction of sp³-hybridized carbons (Fsp3) is 0.952. The van der Waals surface area contributed by atoms with Gasteiger partial charge in [-0.1, -0.05) is 6.92 Å². The minimum absolute atomic E-state index is 0.0293. The van der Waals surface area contributed by atoms with Crippen LogP contribution >= 0.6 is 0 Å². The van der Waals surface area contributed by atoms with Gasteiger partial charge >= 0.3 is 5.97 Å². The SMILES string of the molecule is C[C@]12CCC[C@]3(CO3)[C@@H]1C[C@@H]1[C@H](CN3CCN(CCO)CC3)C(=O)O[C@@H]1C2. The van der Waals surface area contributed by atoms with E-state index in [0.717, 1.165) is 58.7 Å². The highest BCUT2D eigenvalue weighted by Gasteiger charge is 2.65. The minimum Gasteiger partial charge on any atom is -0.462 e. The number of rotatable bonds is 4. The smallest absolute Gasteiger partial charge is 0.310 e. The third-order valence-electron chi connectivity index (χ3n) is 8.42. The number of carbonyl (C=O) groups excluding carboxylic acids is 1. The Hall–Kier alpha value is -0.690. The van der Waals surface area contributed by atoms with Crippen molar-refractivity contribution in [3.8, 4) is 0 Å². The van der Waals surface area contributed by atoms with Crippen LogP contribution in [-0.4, -0.2) is 85.1 Å². The van der Waals surface area contributed by atoms with Crippen LogP contribution in [-0.2, 0) is 14.3 Å². The Morgan fingerprint density at radius 1 is 1.19 bits per heavy atom. The maximum absolute atomic E-state index is 12.7. The summed E-state index contributed by atoms with van der Waals surface area (Å²) in [6.45, 7) is 9.08. The summed E-state index contributed by atoms with van der Waals surface area (Å²) in [5, 5.41) is 9.11. The van der Waals surface area contributed by atoms with Crippen LogP contribution in [0.2, 0.25) is 0 Å². The highest BCUT2D eigenvalue weighted by Crippen LogP contribution is 2.62. The molecule has 0 aromatic heterocycles. The molecule has 0 aromatic rings. The zero-order valence-electron chi connectivity index (χ0n) is 16.6. The Morgan fingerprint density at radius 2 is 1.93 bits per heavy atom. The summed E-state index contributed by atoms with van der Waals surface area (Å²) in [5.41, 5.74) is 0.408. The zero-order chi connectivity index (χ0) is 18.6. The van der Waals surface area contributed by atoms with Gasteiger partial charge in [0.15, 0.2) is 0 Å². The Balaban J connectivity index is 1.26. The van der Waals surface area contributed by atoms with Crippen LogP contribution in [0.5, 0.6) is 0 Å². The van der Waals surface area contributed by atoms with E-state index in [4.69, 9.17) is 14.6 Å². The first-order chi connectivity index (χ1) is 13.0. The third kappa shape index (κ3) is 3.13. The molecule has 3 aliphatic heterocycles. The molecular weight excluding hydrogens is 344 g/mol. The van der Waals surface area contributed by atoms with Crippen LogP contribution in [0.25, 0.3) is 0 Å². The van der Waals surface area contributed by atoms with E-state index in [1.165, 1.54) is 19.3 Å². The van der Waals surface area contributed by atoms with Gasteiger partial charge in [0.05, 0.1) is 24.7 Å². The number of β-amino-alcohol motifs (C(OH)–C–C–N with tert-alkyl or cyclic N) is 1. The Morgan fingerprint density at radius 3 is 2.63 bits per heavy atom. The van der Waals surface area contributed by atoms with Gasteiger partial charge in [-0.3, -0.25) is 14.6 Å². The van der Waals surface area contributed by atoms with Crippen molar-refractivity contribution in [3.05, 3.63) is 0 Å². The standard InChI is InChI=1S/C21H34N2O4/c1-20-3-2-4-21(14-26-21)18(20)11-15-16(19(25)27-17(15)12-20)13-23-7-5-22(6-8-23)9-10-24/h15-18,24H,2-14H2,1H3/t15-,16+,17-,18-,20-,21+/m1/s1. The van der Waals surface area contributed by atoms with Crippen molar-refractivity contribution in [2.75, 3.05) is 52.5 Å². The molecule has 5 fully saturated rings. The molecule has 0 bridgehead atoms. The maximum atomic E-state index is 12.7. The molecule has 5 aliphatic rings. The minimum atomic E-state index is 0.0293. The molecule has 27 heavy (non-hydrogen) atoms. The lowest BCUT2D eigenvalue weighted by Crippen LogP contribution is -2.52. The molecule has 2 saturated carbocycles. The van der Waals surface area contributed by atoms with Crippen molar-refractivity contribution in [2.24, 2.45) is 23.2 Å². The zero-order valence-corrected chi connectivity index (χ0v) is 16.6. The number of nitrogens with zero attached hydrogens (tertiary/aromatic N) is 2. The van der Waals surface area contributed by atoms with Gasteiger partial charge in [-0.2, -0.15) is 0 Å². The lowest BCUT2D eigenvalue weighted by atomic mass is 9.53. The van der Waals surface area contributed by atoms with Gasteiger partial charge in [0, 0.05) is 45.2 Å². The molecule has 0 radical (unpaired) electrons. The molecule has 2 aliphatic carbocycles. The first-order valence-corrected chi connectivity index (χ1v) is 10.9. The van der Waals surface area contributed by atoms with Gasteiger partial charge in [-0.05, 0) is 43.4 Å².